The second kappa shape index (κ2) is 4.67. The van der Waals surface area contributed by atoms with E-state index in [-0.39, 0.29) is 0 Å². The van der Waals surface area contributed by atoms with Gasteiger partial charge in [-0.3, -0.25) is 0 Å². The molecule has 0 saturated carbocycles. The van der Waals surface area contributed by atoms with Gasteiger partial charge >= 0.3 is 0 Å². The Morgan fingerprint density at radius 3 is 2.30 bits per heavy atom. The van der Waals surface area contributed by atoms with E-state index in [1.165, 1.54) is 5.56 Å². The van der Waals surface area contributed by atoms with E-state index >= 15 is 0 Å². The summed E-state index contributed by atoms with van der Waals surface area (Å²) in [4.78, 5) is 0. The first kappa shape index (κ1) is 13.3. The molecule has 1 nitrogen and oxygen atoms in total. The summed E-state index contributed by atoms with van der Waals surface area (Å²) in [5, 5.41) is 9.39. The van der Waals surface area contributed by atoms with E-state index in [9.17, 15) is 4.57 Å². The van der Waals surface area contributed by atoms with Gasteiger partial charge in [-0.25, -0.2) is 0 Å². The Labute approximate surface area is 138 Å². The highest BCUT2D eigenvalue weighted by molar-refractivity contribution is 7.86. The highest BCUT2D eigenvalue weighted by Crippen LogP contribution is 2.52. The van der Waals surface area contributed by atoms with Gasteiger partial charge in [0.25, 0.3) is 0 Å². The molecule has 0 radical (unpaired) electrons. The van der Waals surface area contributed by atoms with Crippen molar-refractivity contribution in [1.29, 1.82) is 0 Å². The summed E-state index contributed by atoms with van der Waals surface area (Å²) in [5.74, 6) is 0. The second-order valence-corrected chi connectivity index (χ2v) is 9.24. The third-order valence-electron chi connectivity index (χ3n) is 4.61. The Kier molecular flexibility index (Phi) is 2.70. The minimum absolute atomic E-state index is 0.918. The fourth-order valence-corrected chi connectivity index (χ4v) is 7.96. The van der Waals surface area contributed by atoms with Gasteiger partial charge in [0.2, 0.25) is 0 Å². The molecular weight excluding hydrogens is 319 g/mol. The van der Waals surface area contributed by atoms with Crippen LogP contribution >= 0.6 is 18.5 Å². The molecule has 1 aliphatic heterocycles. The predicted octanol–water partition coefficient (Wildman–Crippen LogP) is 4.52. The van der Waals surface area contributed by atoms with Crippen LogP contribution in [-0.2, 0) is 4.57 Å². The molecule has 1 aromatic heterocycles. The lowest BCUT2D eigenvalue weighted by atomic mass is 10.00. The van der Waals surface area contributed by atoms with Gasteiger partial charge in [0.1, 0.15) is 0 Å². The maximum Gasteiger partial charge on any atom is 0.173 e. The lowest BCUT2D eigenvalue weighted by Gasteiger charge is -2.27. The number of rotatable bonds is 1. The number of thiophene rings is 1. The molecule has 1 aliphatic rings. The van der Waals surface area contributed by atoms with Crippen molar-refractivity contribution in [2.24, 2.45) is 0 Å². The van der Waals surface area contributed by atoms with E-state index in [0.717, 1.165) is 32.2 Å². The van der Waals surface area contributed by atoms with Crippen molar-refractivity contribution < 1.29 is 4.57 Å². The Hall–Kier alpha value is -2.15. The maximum absolute atomic E-state index is 14.3. The van der Waals surface area contributed by atoms with Gasteiger partial charge in [-0.2, -0.15) is 11.3 Å². The zero-order chi connectivity index (χ0) is 15.4. The van der Waals surface area contributed by atoms with Gasteiger partial charge in [0.15, 0.2) is 7.14 Å². The molecule has 3 heteroatoms. The Balaban J connectivity index is 2.02. The van der Waals surface area contributed by atoms with Crippen molar-refractivity contribution in [1.82, 2.24) is 0 Å². The quantitative estimate of drug-likeness (QED) is 0.413. The standard InChI is InChI=1S/C20H13OPS/c21-22(15-8-2-1-3-9-15)18-11-5-7-14-6-4-10-16(20(14)18)17-12-23-13-19(17)22/h1-13H. The van der Waals surface area contributed by atoms with Crippen LogP contribution in [0.15, 0.2) is 77.5 Å². The largest absolute Gasteiger partial charge is 0.309 e. The first-order valence-corrected chi connectivity index (χ1v) is 10.2. The molecule has 110 valence electrons. The molecule has 0 bridgehead atoms. The topological polar surface area (TPSA) is 17.1 Å². The summed E-state index contributed by atoms with van der Waals surface area (Å²) in [7, 11) is -2.81. The van der Waals surface area contributed by atoms with Gasteiger partial charge in [0, 0.05) is 32.2 Å². The predicted molar refractivity (Wildman–Crippen MR) is 100 cm³/mol. The minimum Gasteiger partial charge on any atom is -0.309 e. The lowest BCUT2D eigenvalue weighted by Crippen LogP contribution is -2.28. The molecule has 5 rings (SSSR count). The molecule has 3 aromatic carbocycles. The molecule has 0 aliphatic carbocycles. The SMILES string of the molecule is O=P1(c2ccccc2)c2cscc2-c2cccc3cccc1c23. The van der Waals surface area contributed by atoms with Gasteiger partial charge in [-0.1, -0.05) is 66.7 Å². The number of fused-ring (bicyclic) bond motifs is 2. The normalized spacial score (nSPS) is 18.8. The molecular formula is C20H13OPS. The number of hydrogen-bond donors (Lipinski definition) is 0. The monoisotopic (exact) mass is 332 g/mol. The van der Waals surface area contributed by atoms with Crippen molar-refractivity contribution in [2.75, 3.05) is 0 Å². The summed E-state index contributed by atoms with van der Waals surface area (Å²) >= 11 is 1.63. The zero-order valence-electron chi connectivity index (χ0n) is 12.3. The van der Waals surface area contributed by atoms with E-state index in [1.54, 1.807) is 11.3 Å². The van der Waals surface area contributed by atoms with Crippen molar-refractivity contribution in [3.8, 4) is 11.1 Å². The molecule has 23 heavy (non-hydrogen) atoms. The van der Waals surface area contributed by atoms with E-state index < -0.39 is 7.14 Å². The van der Waals surface area contributed by atoms with Crippen LogP contribution in [0.25, 0.3) is 21.9 Å². The zero-order valence-corrected chi connectivity index (χ0v) is 14.0. The van der Waals surface area contributed by atoms with Crippen LogP contribution in [0.3, 0.4) is 0 Å². The highest BCUT2D eigenvalue weighted by Gasteiger charge is 2.38. The van der Waals surface area contributed by atoms with Crippen LogP contribution in [0, 0.1) is 0 Å². The summed E-state index contributed by atoms with van der Waals surface area (Å²) < 4.78 is 14.3. The van der Waals surface area contributed by atoms with Gasteiger partial charge in [0.05, 0.1) is 0 Å². The Bertz CT molecular complexity index is 1090. The first-order chi connectivity index (χ1) is 11.3. The average molecular weight is 332 g/mol. The smallest absolute Gasteiger partial charge is 0.173 e. The van der Waals surface area contributed by atoms with Gasteiger partial charge < -0.3 is 4.57 Å². The summed E-state index contributed by atoms with van der Waals surface area (Å²) in [6.45, 7) is 0. The summed E-state index contributed by atoms with van der Waals surface area (Å²) in [5.41, 5.74) is 2.34. The van der Waals surface area contributed by atoms with Crippen LogP contribution in [0.2, 0.25) is 0 Å². The van der Waals surface area contributed by atoms with E-state index in [1.807, 2.05) is 42.5 Å². The number of benzene rings is 3. The Morgan fingerprint density at radius 2 is 1.48 bits per heavy atom. The Morgan fingerprint density at radius 1 is 0.696 bits per heavy atom. The van der Waals surface area contributed by atoms with Crippen molar-refractivity contribution in [3.63, 3.8) is 0 Å². The molecule has 0 spiro atoms. The van der Waals surface area contributed by atoms with Crippen molar-refractivity contribution in [2.45, 2.75) is 0 Å². The molecule has 0 saturated heterocycles. The molecule has 0 N–H and O–H groups in total. The van der Waals surface area contributed by atoms with E-state index in [4.69, 9.17) is 0 Å². The summed E-state index contributed by atoms with van der Waals surface area (Å²) in [6.07, 6.45) is 0. The maximum atomic E-state index is 14.3. The molecule has 1 atom stereocenters. The highest BCUT2D eigenvalue weighted by atomic mass is 32.1. The third-order valence-corrected chi connectivity index (χ3v) is 8.66. The molecule has 4 aromatic rings. The van der Waals surface area contributed by atoms with Gasteiger partial charge in [-0.05, 0) is 16.3 Å². The van der Waals surface area contributed by atoms with Crippen molar-refractivity contribution in [3.05, 3.63) is 77.5 Å². The van der Waals surface area contributed by atoms with E-state index in [2.05, 4.69) is 35.0 Å². The molecule has 0 fully saturated rings. The van der Waals surface area contributed by atoms with Gasteiger partial charge in [-0.15, -0.1) is 0 Å². The van der Waals surface area contributed by atoms with Crippen LogP contribution in [0.4, 0.5) is 0 Å². The lowest BCUT2D eigenvalue weighted by molar-refractivity contribution is 0.592. The average Bonchev–Trinajstić information content (AvgIpc) is 3.11. The van der Waals surface area contributed by atoms with Crippen LogP contribution in [0.5, 0.6) is 0 Å². The molecule has 2 heterocycles. The van der Waals surface area contributed by atoms with Crippen LogP contribution < -0.4 is 15.9 Å². The van der Waals surface area contributed by atoms with Crippen LogP contribution in [-0.4, -0.2) is 0 Å². The second-order valence-electron chi connectivity index (χ2n) is 5.80. The first-order valence-electron chi connectivity index (χ1n) is 7.55. The fourth-order valence-electron chi connectivity index (χ4n) is 3.59. The van der Waals surface area contributed by atoms with Crippen LogP contribution in [0.1, 0.15) is 0 Å². The number of hydrogen-bond acceptors (Lipinski definition) is 2. The van der Waals surface area contributed by atoms with E-state index in [0.29, 0.717) is 0 Å². The van der Waals surface area contributed by atoms with Crippen molar-refractivity contribution >= 4 is 45.2 Å². The minimum atomic E-state index is -2.81. The molecule has 1 unspecified atom stereocenters. The fraction of sp³-hybridized carbons (Fsp3) is 0. The third kappa shape index (κ3) is 1.65. The molecule has 0 amide bonds. The summed E-state index contributed by atoms with van der Waals surface area (Å²) in [6, 6.07) is 22.4.